The molecular weight excluding hydrogens is 264 g/mol. The van der Waals surface area contributed by atoms with Gasteiger partial charge in [-0.3, -0.25) is 0 Å². The van der Waals surface area contributed by atoms with Gasteiger partial charge in [0.05, 0.1) is 13.2 Å². The first-order chi connectivity index (χ1) is 10.2. The summed E-state index contributed by atoms with van der Waals surface area (Å²) in [6, 6.07) is 12.1. The van der Waals surface area contributed by atoms with Crippen molar-refractivity contribution >= 4 is 0 Å². The molecule has 0 aliphatic rings. The Balaban J connectivity index is 1.79. The monoisotopic (exact) mass is 286 g/mol. The fourth-order valence-corrected chi connectivity index (χ4v) is 1.95. The van der Waals surface area contributed by atoms with Crippen molar-refractivity contribution in [2.75, 3.05) is 7.11 Å². The van der Waals surface area contributed by atoms with Gasteiger partial charge in [0.15, 0.2) is 0 Å². The molecular formula is C17H22N2O2. The normalized spacial score (nSPS) is 10.7. The van der Waals surface area contributed by atoms with Gasteiger partial charge in [-0.1, -0.05) is 18.2 Å². The predicted molar refractivity (Wildman–Crippen MR) is 83.5 cm³/mol. The third kappa shape index (κ3) is 5.08. The SMILES string of the molecule is COc1ccc(CNCc2ccc(OC(C)C)cc2)cn1. The average Bonchev–Trinajstić information content (AvgIpc) is 2.49. The molecule has 0 aliphatic carbocycles. The van der Waals surface area contributed by atoms with Crippen molar-refractivity contribution in [3.8, 4) is 11.6 Å². The summed E-state index contributed by atoms with van der Waals surface area (Å²) in [6.07, 6.45) is 2.03. The molecule has 1 aromatic heterocycles. The van der Waals surface area contributed by atoms with Gasteiger partial charge in [0.25, 0.3) is 0 Å². The molecule has 21 heavy (non-hydrogen) atoms. The average molecular weight is 286 g/mol. The maximum absolute atomic E-state index is 5.62. The molecule has 0 radical (unpaired) electrons. The first-order valence-corrected chi connectivity index (χ1v) is 7.12. The molecule has 0 saturated heterocycles. The molecule has 0 spiro atoms. The first kappa shape index (κ1) is 15.3. The van der Waals surface area contributed by atoms with Gasteiger partial charge >= 0.3 is 0 Å². The van der Waals surface area contributed by atoms with Gasteiger partial charge < -0.3 is 14.8 Å². The number of methoxy groups -OCH3 is 1. The molecule has 0 aliphatic heterocycles. The summed E-state index contributed by atoms with van der Waals surface area (Å²) in [4.78, 5) is 4.18. The highest BCUT2D eigenvalue weighted by Gasteiger charge is 1.99. The van der Waals surface area contributed by atoms with Gasteiger partial charge in [-0.25, -0.2) is 4.98 Å². The topological polar surface area (TPSA) is 43.4 Å². The highest BCUT2D eigenvalue weighted by atomic mass is 16.5. The Morgan fingerprint density at radius 2 is 1.67 bits per heavy atom. The summed E-state index contributed by atoms with van der Waals surface area (Å²) < 4.78 is 10.7. The third-order valence-electron chi connectivity index (χ3n) is 2.96. The number of ether oxygens (including phenoxy) is 2. The predicted octanol–water partition coefficient (Wildman–Crippen LogP) is 3.17. The summed E-state index contributed by atoms with van der Waals surface area (Å²) in [5, 5.41) is 3.39. The molecule has 0 amide bonds. The van der Waals surface area contributed by atoms with Crippen molar-refractivity contribution in [2.45, 2.75) is 33.0 Å². The van der Waals surface area contributed by atoms with Crippen molar-refractivity contribution in [1.82, 2.24) is 10.3 Å². The van der Waals surface area contributed by atoms with Crippen molar-refractivity contribution in [3.63, 3.8) is 0 Å². The van der Waals surface area contributed by atoms with Crippen molar-refractivity contribution in [1.29, 1.82) is 0 Å². The minimum absolute atomic E-state index is 0.205. The van der Waals surface area contributed by atoms with Gasteiger partial charge in [0.1, 0.15) is 5.75 Å². The molecule has 1 heterocycles. The Kier molecular flexibility index (Phi) is 5.58. The summed E-state index contributed by atoms with van der Waals surface area (Å²) >= 11 is 0. The molecule has 0 fully saturated rings. The van der Waals surface area contributed by atoms with Gasteiger partial charge in [0, 0.05) is 25.4 Å². The molecule has 2 aromatic rings. The number of hydrogen-bond donors (Lipinski definition) is 1. The van der Waals surface area contributed by atoms with Crippen molar-refractivity contribution in [3.05, 3.63) is 53.7 Å². The van der Waals surface area contributed by atoms with E-state index < -0.39 is 0 Å². The fourth-order valence-electron chi connectivity index (χ4n) is 1.95. The van der Waals surface area contributed by atoms with E-state index in [2.05, 4.69) is 22.4 Å². The second kappa shape index (κ2) is 7.64. The van der Waals surface area contributed by atoms with E-state index in [1.807, 2.05) is 44.3 Å². The summed E-state index contributed by atoms with van der Waals surface area (Å²) in [5.41, 5.74) is 2.36. The van der Waals surface area contributed by atoms with Crippen LogP contribution in [0.5, 0.6) is 11.6 Å². The number of hydrogen-bond acceptors (Lipinski definition) is 4. The largest absolute Gasteiger partial charge is 0.491 e. The van der Waals surface area contributed by atoms with Crippen LogP contribution in [0.3, 0.4) is 0 Å². The molecule has 4 nitrogen and oxygen atoms in total. The lowest BCUT2D eigenvalue weighted by Gasteiger charge is -2.10. The lowest BCUT2D eigenvalue weighted by Crippen LogP contribution is -2.13. The van der Waals surface area contributed by atoms with Crippen LogP contribution < -0.4 is 14.8 Å². The van der Waals surface area contributed by atoms with E-state index in [0.717, 1.165) is 24.4 Å². The standard InChI is InChI=1S/C17H22N2O2/c1-13(2)21-16-7-4-14(5-8-16)10-18-11-15-6-9-17(20-3)19-12-15/h4-9,12-13,18H,10-11H2,1-3H3. The van der Waals surface area contributed by atoms with Crippen LogP contribution in [0.4, 0.5) is 0 Å². The highest BCUT2D eigenvalue weighted by molar-refractivity contribution is 5.27. The number of nitrogens with one attached hydrogen (secondary N) is 1. The maximum Gasteiger partial charge on any atom is 0.212 e. The quantitative estimate of drug-likeness (QED) is 0.849. The van der Waals surface area contributed by atoms with E-state index in [1.165, 1.54) is 5.56 Å². The van der Waals surface area contributed by atoms with Gasteiger partial charge in [-0.05, 0) is 37.1 Å². The number of pyridine rings is 1. The lowest BCUT2D eigenvalue weighted by atomic mass is 10.2. The van der Waals surface area contributed by atoms with Crippen LogP contribution in [-0.4, -0.2) is 18.2 Å². The number of nitrogens with zero attached hydrogens (tertiary/aromatic N) is 1. The Labute approximate surface area is 126 Å². The Morgan fingerprint density at radius 1 is 1.00 bits per heavy atom. The van der Waals surface area contributed by atoms with Crippen LogP contribution in [0.25, 0.3) is 0 Å². The van der Waals surface area contributed by atoms with Crippen LogP contribution in [0.15, 0.2) is 42.6 Å². The van der Waals surface area contributed by atoms with Crippen molar-refractivity contribution < 1.29 is 9.47 Å². The fraction of sp³-hybridized carbons (Fsp3) is 0.353. The smallest absolute Gasteiger partial charge is 0.212 e. The minimum Gasteiger partial charge on any atom is -0.491 e. The Bertz CT molecular complexity index is 536. The molecule has 4 heteroatoms. The molecule has 1 aromatic carbocycles. The van der Waals surface area contributed by atoms with E-state index in [9.17, 15) is 0 Å². The second-order valence-electron chi connectivity index (χ2n) is 5.12. The van der Waals surface area contributed by atoms with Gasteiger partial charge in [-0.15, -0.1) is 0 Å². The third-order valence-corrected chi connectivity index (χ3v) is 2.96. The Morgan fingerprint density at radius 3 is 2.24 bits per heavy atom. The Hall–Kier alpha value is -2.07. The van der Waals surface area contributed by atoms with Crippen LogP contribution >= 0.6 is 0 Å². The van der Waals surface area contributed by atoms with Crippen LogP contribution in [-0.2, 0) is 13.1 Å². The number of benzene rings is 1. The van der Waals surface area contributed by atoms with E-state index in [0.29, 0.717) is 5.88 Å². The number of aromatic nitrogens is 1. The van der Waals surface area contributed by atoms with E-state index >= 15 is 0 Å². The maximum atomic E-state index is 5.62. The molecule has 0 atom stereocenters. The second-order valence-corrected chi connectivity index (χ2v) is 5.12. The van der Waals surface area contributed by atoms with Crippen LogP contribution in [0.2, 0.25) is 0 Å². The van der Waals surface area contributed by atoms with Crippen molar-refractivity contribution in [2.24, 2.45) is 0 Å². The van der Waals surface area contributed by atoms with Gasteiger partial charge in [0.2, 0.25) is 5.88 Å². The zero-order chi connectivity index (χ0) is 15.1. The summed E-state index contributed by atoms with van der Waals surface area (Å²) in [7, 11) is 1.62. The summed E-state index contributed by atoms with van der Waals surface area (Å²) in [6.45, 7) is 5.64. The molecule has 1 N–H and O–H groups in total. The van der Waals surface area contributed by atoms with Crippen LogP contribution in [0, 0.1) is 0 Å². The van der Waals surface area contributed by atoms with Gasteiger partial charge in [-0.2, -0.15) is 0 Å². The first-order valence-electron chi connectivity index (χ1n) is 7.12. The lowest BCUT2D eigenvalue weighted by molar-refractivity contribution is 0.242. The molecule has 0 bridgehead atoms. The minimum atomic E-state index is 0.205. The molecule has 2 rings (SSSR count). The highest BCUT2D eigenvalue weighted by Crippen LogP contribution is 2.14. The van der Waals surface area contributed by atoms with Crippen LogP contribution in [0.1, 0.15) is 25.0 Å². The zero-order valence-corrected chi connectivity index (χ0v) is 12.8. The van der Waals surface area contributed by atoms with E-state index in [4.69, 9.17) is 9.47 Å². The zero-order valence-electron chi connectivity index (χ0n) is 12.8. The molecule has 0 unspecified atom stereocenters. The van der Waals surface area contributed by atoms with E-state index in [-0.39, 0.29) is 6.10 Å². The molecule has 112 valence electrons. The number of rotatable bonds is 7. The summed E-state index contributed by atoms with van der Waals surface area (Å²) in [5.74, 6) is 1.55. The van der Waals surface area contributed by atoms with E-state index in [1.54, 1.807) is 7.11 Å². The molecule has 0 saturated carbocycles.